The van der Waals surface area contributed by atoms with E-state index in [0.717, 1.165) is 25.0 Å². The monoisotopic (exact) mass is 407 g/mol. The van der Waals surface area contributed by atoms with Gasteiger partial charge in [0.2, 0.25) is 5.43 Å². The number of carbonyl (C=O) groups excluding carboxylic acids is 1. The maximum absolute atomic E-state index is 13.0. The fraction of sp³-hybridized carbons (Fsp3) is 0.333. The fourth-order valence-electron chi connectivity index (χ4n) is 3.72. The van der Waals surface area contributed by atoms with E-state index in [9.17, 15) is 9.59 Å². The normalized spacial score (nSPS) is 17.1. The third-order valence-electron chi connectivity index (χ3n) is 5.31. The SMILES string of the molecule is Cc1oc2cc(OC(C)C(=O)NCC3CCCO3)ccc2c(=O)c1-c1ccccc1. The molecule has 1 aliphatic rings. The molecule has 0 radical (unpaired) electrons. The van der Waals surface area contributed by atoms with Gasteiger partial charge in [0.15, 0.2) is 6.10 Å². The van der Waals surface area contributed by atoms with Crippen molar-refractivity contribution in [3.8, 4) is 16.9 Å². The Bertz CT molecular complexity index is 1100. The standard InChI is InChI=1S/C24H25NO5/c1-15-22(17-7-4-3-5-8-17)23(26)20-11-10-18(13-21(20)30-15)29-16(2)24(27)25-14-19-9-6-12-28-19/h3-5,7-8,10-11,13,16,19H,6,9,12,14H2,1-2H3,(H,25,27). The summed E-state index contributed by atoms with van der Waals surface area (Å²) in [6.07, 6.45) is 1.39. The fourth-order valence-corrected chi connectivity index (χ4v) is 3.72. The molecular weight excluding hydrogens is 382 g/mol. The minimum absolute atomic E-state index is 0.0814. The summed E-state index contributed by atoms with van der Waals surface area (Å²) in [5, 5.41) is 3.34. The molecule has 2 aromatic carbocycles. The highest BCUT2D eigenvalue weighted by molar-refractivity contribution is 5.84. The maximum atomic E-state index is 13.0. The van der Waals surface area contributed by atoms with E-state index in [0.29, 0.717) is 34.6 Å². The van der Waals surface area contributed by atoms with Crippen LogP contribution in [-0.4, -0.2) is 31.3 Å². The van der Waals surface area contributed by atoms with Gasteiger partial charge in [-0.15, -0.1) is 0 Å². The van der Waals surface area contributed by atoms with Crippen molar-refractivity contribution in [1.29, 1.82) is 0 Å². The number of hydrogen-bond donors (Lipinski definition) is 1. The molecule has 4 rings (SSSR count). The quantitative estimate of drug-likeness (QED) is 0.672. The number of fused-ring (bicyclic) bond motifs is 1. The summed E-state index contributed by atoms with van der Waals surface area (Å²) in [6, 6.07) is 14.5. The van der Waals surface area contributed by atoms with Crippen molar-refractivity contribution in [2.24, 2.45) is 0 Å². The van der Waals surface area contributed by atoms with Crippen molar-refractivity contribution in [1.82, 2.24) is 5.32 Å². The minimum Gasteiger partial charge on any atom is -0.481 e. The first-order valence-electron chi connectivity index (χ1n) is 10.2. The molecular formula is C24H25NO5. The number of rotatable bonds is 6. The predicted molar refractivity (Wildman–Crippen MR) is 115 cm³/mol. The Kier molecular flexibility index (Phi) is 5.86. The summed E-state index contributed by atoms with van der Waals surface area (Å²) in [7, 11) is 0. The molecule has 0 saturated carbocycles. The van der Waals surface area contributed by atoms with Crippen LogP contribution < -0.4 is 15.5 Å². The van der Waals surface area contributed by atoms with Gasteiger partial charge in [-0.2, -0.15) is 0 Å². The highest BCUT2D eigenvalue weighted by Crippen LogP contribution is 2.26. The molecule has 0 spiro atoms. The van der Waals surface area contributed by atoms with Crippen molar-refractivity contribution in [3.63, 3.8) is 0 Å². The van der Waals surface area contributed by atoms with Gasteiger partial charge in [0.25, 0.3) is 5.91 Å². The van der Waals surface area contributed by atoms with Gasteiger partial charge >= 0.3 is 0 Å². The lowest BCUT2D eigenvalue weighted by molar-refractivity contribution is -0.127. The van der Waals surface area contributed by atoms with Gasteiger partial charge in [0, 0.05) is 19.2 Å². The molecule has 30 heavy (non-hydrogen) atoms. The highest BCUT2D eigenvalue weighted by atomic mass is 16.5. The molecule has 1 amide bonds. The van der Waals surface area contributed by atoms with E-state index in [2.05, 4.69) is 5.32 Å². The Hall–Kier alpha value is -3.12. The third kappa shape index (κ3) is 4.24. The van der Waals surface area contributed by atoms with Gasteiger partial charge in [0.05, 0.1) is 17.1 Å². The van der Waals surface area contributed by atoms with Crippen LogP contribution in [0.5, 0.6) is 5.75 Å². The summed E-state index contributed by atoms with van der Waals surface area (Å²) in [4.78, 5) is 25.3. The van der Waals surface area contributed by atoms with E-state index in [-0.39, 0.29) is 17.4 Å². The van der Waals surface area contributed by atoms with Crippen LogP contribution in [0.25, 0.3) is 22.1 Å². The molecule has 1 aliphatic heterocycles. The van der Waals surface area contributed by atoms with Gasteiger partial charge in [-0.05, 0) is 44.4 Å². The third-order valence-corrected chi connectivity index (χ3v) is 5.31. The summed E-state index contributed by atoms with van der Waals surface area (Å²) in [6.45, 7) is 4.70. The van der Waals surface area contributed by atoms with Crippen LogP contribution in [-0.2, 0) is 9.53 Å². The number of ether oxygens (including phenoxy) is 2. The molecule has 1 aromatic heterocycles. The number of amides is 1. The van der Waals surface area contributed by atoms with Crippen LogP contribution in [0.4, 0.5) is 0 Å². The lowest BCUT2D eigenvalue weighted by Crippen LogP contribution is -2.40. The van der Waals surface area contributed by atoms with Crippen molar-refractivity contribution in [2.45, 2.75) is 38.9 Å². The maximum Gasteiger partial charge on any atom is 0.260 e. The average Bonchev–Trinajstić information content (AvgIpc) is 3.26. The van der Waals surface area contributed by atoms with Crippen molar-refractivity contribution in [3.05, 3.63) is 64.5 Å². The van der Waals surface area contributed by atoms with Crippen LogP contribution in [0, 0.1) is 6.92 Å². The number of benzene rings is 2. The molecule has 6 nitrogen and oxygen atoms in total. The summed E-state index contributed by atoms with van der Waals surface area (Å²) >= 11 is 0. The topological polar surface area (TPSA) is 77.8 Å². The zero-order chi connectivity index (χ0) is 21.1. The molecule has 3 aromatic rings. The molecule has 0 bridgehead atoms. The molecule has 2 atom stereocenters. The van der Waals surface area contributed by atoms with Gasteiger partial charge in [0.1, 0.15) is 17.1 Å². The Labute approximate surface area is 174 Å². The Morgan fingerprint density at radius 1 is 1.23 bits per heavy atom. The average molecular weight is 407 g/mol. The van der Waals surface area contributed by atoms with E-state index in [1.807, 2.05) is 30.3 Å². The number of aryl methyl sites for hydroxylation is 1. The molecule has 2 heterocycles. The first-order chi connectivity index (χ1) is 14.5. The first-order valence-corrected chi connectivity index (χ1v) is 10.2. The lowest BCUT2D eigenvalue weighted by Gasteiger charge is -2.17. The molecule has 156 valence electrons. The van der Waals surface area contributed by atoms with Gasteiger partial charge in [-0.3, -0.25) is 9.59 Å². The molecule has 6 heteroatoms. The van der Waals surface area contributed by atoms with E-state index in [1.54, 1.807) is 32.0 Å². The summed E-state index contributed by atoms with van der Waals surface area (Å²) in [5.41, 5.74) is 1.72. The molecule has 0 aliphatic carbocycles. The van der Waals surface area contributed by atoms with Crippen molar-refractivity contribution < 1.29 is 18.7 Å². The lowest BCUT2D eigenvalue weighted by atomic mass is 10.0. The summed E-state index contributed by atoms with van der Waals surface area (Å²) < 4.78 is 17.2. The number of nitrogens with one attached hydrogen (secondary N) is 1. The molecule has 1 N–H and O–H groups in total. The van der Waals surface area contributed by atoms with Crippen LogP contribution in [0.15, 0.2) is 57.7 Å². The zero-order valence-corrected chi connectivity index (χ0v) is 17.1. The first kappa shape index (κ1) is 20.2. The van der Waals surface area contributed by atoms with E-state index < -0.39 is 6.10 Å². The van der Waals surface area contributed by atoms with Gasteiger partial charge in [-0.1, -0.05) is 30.3 Å². The van der Waals surface area contributed by atoms with E-state index in [4.69, 9.17) is 13.9 Å². The van der Waals surface area contributed by atoms with Gasteiger partial charge < -0.3 is 19.2 Å². The van der Waals surface area contributed by atoms with Crippen LogP contribution >= 0.6 is 0 Å². The molecule has 1 fully saturated rings. The second-order valence-corrected chi connectivity index (χ2v) is 7.53. The molecule has 2 unspecified atom stereocenters. The number of hydrogen-bond acceptors (Lipinski definition) is 5. The highest BCUT2D eigenvalue weighted by Gasteiger charge is 2.20. The largest absolute Gasteiger partial charge is 0.481 e. The zero-order valence-electron chi connectivity index (χ0n) is 17.1. The van der Waals surface area contributed by atoms with Crippen molar-refractivity contribution >= 4 is 16.9 Å². The van der Waals surface area contributed by atoms with E-state index in [1.165, 1.54) is 0 Å². The molecule has 1 saturated heterocycles. The Morgan fingerprint density at radius 2 is 2.03 bits per heavy atom. The smallest absolute Gasteiger partial charge is 0.260 e. The Balaban J connectivity index is 1.52. The van der Waals surface area contributed by atoms with Crippen LogP contribution in [0.3, 0.4) is 0 Å². The second kappa shape index (κ2) is 8.71. The second-order valence-electron chi connectivity index (χ2n) is 7.53. The van der Waals surface area contributed by atoms with E-state index >= 15 is 0 Å². The Morgan fingerprint density at radius 3 is 2.77 bits per heavy atom. The van der Waals surface area contributed by atoms with Crippen LogP contribution in [0.2, 0.25) is 0 Å². The van der Waals surface area contributed by atoms with Gasteiger partial charge in [-0.25, -0.2) is 0 Å². The van der Waals surface area contributed by atoms with Crippen molar-refractivity contribution in [2.75, 3.05) is 13.2 Å². The number of carbonyl (C=O) groups is 1. The predicted octanol–water partition coefficient (Wildman–Crippen LogP) is 3.83. The van der Waals surface area contributed by atoms with Crippen LogP contribution in [0.1, 0.15) is 25.5 Å². The minimum atomic E-state index is -0.680. The summed E-state index contributed by atoms with van der Waals surface area (Å²) in [5.74, 6) is 0.804.